The molecule has 0 radical (unpaired) electrons. The van der Waals surface area contributed by atoms with Crippen LogP contribution in [0.15, 0.2) is 30.3 Å². The second kappa shape index (κ2) is 3.72. The normalized spacial score (nSPS) is 27.9. The molecule has 2 unspecified atom stereocenters. The van der Waals surface area contributed by atoms with Gasteiger partial charge in [-0.1, -0.05) is 53.9 Å². The van der Waals surface area contributed by atoms with Crippen LogP contribution in [0.2, 0.25) is 0 Å². The molecule has 2 atom stereocenters. The van der Waals surface area contributed by atoms with Crippen molar-refractivity contribution in [1.82, 2.24) is 0 Å². The number of thioether (sulfide) groups is 2. The van der Waals surface area contributed by atoms with Gasteiger partial charge in [0.1, 0.15) is 0 Å². The number of hydrogen-bond donors (Lipinski definition) is 0. The van der Waals surface area contributed by atoms with Gasteiger partial charge in [-0.05, 0) is 5.56 Å². The highest BCUT2D eigenvalue weighted by Crippen LogP contribution is 2.50. The van der Waals surface area contributed by atoms with E-state index in [2.05, 4.69) is 0 Å². The van der Waals surface area contributed by atoms with Crippen molar-refractivity contribution in [2.75, 3.05) is 0 Å². The van der Waals surface area contributed by atoms with E-state index in [1.165, 1.54) is 0 Å². The van der Waals surface area contributed by atoms with Gasteiger partial charge in [0.25, 0.3) is 0 Å². The van der Waals surface area contributed by atoms with Crippen LogP contribution in [0.1, 0.15) is 10.1 Å². The summed E-state index contributed by atoms with van der Waals surface area (Å²) in [6.45, 7) is 0. The van der Waals surface area contributed by atoms with E-state index < -0.39 is 5.50 Å². The van der Waals surface area contributed by atoms with Crippen molar-refractivity contribution in [2.24, 2.45) is 0 Å². The summed E-state index contributed by atoms with van der Waals surface area (Å²) in [5, 5.41) is -0.362. The first-order chi connectivity index (χ1) is 6.27. The lowest BCUT2D eigenvalue weighted by molar-refractivity contribution is -0.112. The zero-order valence-electron chi connectivity index (χ0n) is 6.64. The fraction of sp³-hybridized carbons (Fsp3) is 0.222. The van der Waals surface area contributed by atoms with Crippen molar-refractivity contribution in [1.29, 1.82) is 0 Å². The summed E-state index contributed by atoms with van der Waals surface area (Å²) in [4.78, 5) is 10.9. The molecular formula is C9H7FOS2. The predicted molar refractivity (Wildman–Crippen MR) is 54.3 cm³/mol. The first-order valence-corrected chi connectivity index (χ1v) is 5.64. The second-order valence-corrected chi connectivity index (χ2v) is 5.20. The summed E-state index contributed by atoms with van der Waals surface area (Å²) in [5.74, 6) is 0. The summed E-state index contributed by atoms with van der Waals surface area (Å²) in [7, 11) is 0. The largest absolute Gasteiger partial charge is 0.283 e. The van der Waals surface area contributed by atoms with Crippen molar-refractivity contribution in [3.05, 3.63) is 35.9 Å². The molecule has 1 aromatic carbocycles. The van der Waals surface area contributed by atoms with Gasteiger partial charge in [-0.25, -0.2) is 4.39 Å². The zero-order valence-corrected chi connectivity index (χ0v) is 8.28. The fourth-order valence-electron chi connectivity index (χ4n) is 1.11. The minimum Gasteiger partial charge on any atom is -0.283 e. The molecule has 13 heavy (non-hydrogen) atoms. The number of halogens is 1. The Balaban J connectivity index is 2.17. The van der Waals surface area contributed by atoms with Gasteiger partial charge in [-0.2, -0.15) is 0 Å². The molecule has 2 rings (SSSR count). The molecule has 0 N–H and O–H groups in total. The summed E-state index contributed by atoms with van der Waals surface area (Å²) in [6.07, 6.45) is 0. The predicted octanol–water partition coefficient (Wildman–Crippen LogP) is 2.99. The molecule has 0 amide bonds. The van der Waals surface area contributed by atoms with Gasteiger partial charge < -0.3 is 0 Å². The topological polar surface area (TPSA) is 17.1 Å². The van der Waals surface area contributed by atoms with E-state index in [0.717, 1.165) is 29.1 Å². The number of alkyl halides is 1. The Morgan fingerprint density at radius 2 is 1.92 bits per heavy atom. The first-order valence-electron chi connectivity index (χ1n) is 3.82. The summed E-state index contributed by atoms with van der Waals surface area (Å²) in [6, 6.07) is 9.52. The standard InChI is InChI=1S/C9H7FOS2/c10-7-8(11)13-9(12-7)6-4-2-1-3-5-6/h1-5,7,9H. The van der Waals surface area contributed by atoms with E-state index in [1.54, 1.807) is 0 Å². The van der Waals surface area contributed by atoms with Crippen LogP contribution in [0.5, 0.6) is 0 Å². The van der Waals surface area contributed by atoms with Crippen LogP contribution in [-0.4, -0.2) is 10.6 Å². The van der Waals surface area contributed by atoms with E-state index in [0.29, 0.717) is 0 Å². The third-order valence-corrected chi connectivity index (χ3v) is 4.39. The highest BCUT2D eigenvalue weighted by atomic mass is 32.2. The number of hydrogen-bond acceptors (Lipinski definition) is 3. The Morgan fingerprint density at radius 3 is 2.46 bits per heavy atom. The molecule has 0 bridgehead atoms. The minimum atomic E-state index is -1.35. The number of carbonyl (C=O) groups is 1. The van der Waals surface area contributed by atoms with Gasteiger partial charge in [-0.15, -0.1) is 0 Å². The second-order valence-electron chi connectivity index (χ2n) is 2.63. The molecule has 68 valence electrons. The van der Waals surface area contributed by atoms with Gasteiger partial charge in [0.15, 0.2) is 0 Å². The molecule has 1 aliphatic rings. The first kappa shape index (κ1) is 9.09. The van der Waals surface area contributed by atoms with E-state index in [-0.39, 0.29) is 9.70 Å². The Labute approximate surface area is 84.1 Å². The fourth-order valence-corrected chi connectivity index (χ4v) is 3.49. The Bertz CT molecular complexity index is 315. The Hall–Kier alpha value is -0.480. The monoisotopic (exact) mass is 214 g/mol. The van der Waals surface area contributed by atoms with Crippen molar-refractivity contribution >= 4 is 28.6 Å². The van der Waals surface area contributed by atoms with Crippen LogP contribution >= 0.6 is 23.5 Å². The van der Waals surface area contributed by atoms with Crippen molar-refractivity contribution in [3.63, 3.8) is 0 Å². The van der Waals surface area contributed by atoms with Crippen LogP contribution in [0, 0.1) is 0 Å². The summed E-state index contributed by atoms with van der Waals surface area (Å²) < 4.78 is 12.8. The molecule has 1 heterocycles. The third-order valence-electron chi connectivity index (χ3n) is 1.72. The van der Waals surface area contributed by atoms with E-state index in [4.69, 9.17) is 0 Å². The maximum atomic E-state index is 12.8. The quantitative estimate of drug-likeness (QED) is 0.715. The molecule has 0 aromatic heterocycles. The molecule has 0 spiro atoms. The molecule has 1 aromatic rings. The molecule has 1 nitrogen and oxygen atoms in total. The molecule has 1 fully saturated rings. The van der Waals surface area contributed by atoms with Crippen LogP contribution in [0.3, 0.4) is 0 Å². The lowest BCUT2D eigenvalue weighted by Gasteiger charge is -2.05. The van der Waals surface area contributed by atoms with Crippen molar-refractivity contribution in [3.8, 4) is 0 Å². The van der Waals surface area contributed by atoms with E-state index in [1.807, 2.05) is 30.3 Å². The van der Waals surface area contributed by atoms with Gasteiger partial charge in [-0.3, -0.25) is 4.79 Å². The lowest BCUT2D eigenvalue weighted by atomic mass is 10.2. The summed E-state index contributed by atoms with van der Waals surface area (Å²) >= 11 is 2.15. The maximum absolute atomic E-state index is 12.8. The number of carbonyl (C=O) groups excluding carboxylic acids is 1. The highest BCUT2D eigenvalue weighted by molar-refractivity contribution is 8.29. The van der Waals surface area contributed by atoms with Gasteiger partial charge in [0.2, 0.25) is 10.6 Å². The minimum absolute atomic E-state index is 0.0660. The number of rotatable bonds is 1. The molecule has 1 saturated heterocycles. The lowest BCUT2D eigenvalue weighted by Crippen LogP contribution is -1.97. The van der Waals surface area contributed by atoms with E-state index >= 15 is 0 Å². The van der Waals surface area contributed by atoms with Crippen molar-refractivity contribution in [2.45, 2.75) is 10.1 Å². The third kappa shape index (κ3) is 1.89. The average molecular weight is 214 g/mol. The Kier molecular flexibility index (Phi) is 2.60. The molecule has 4 heteroatoms. The summed E-state index contributed by atoms with van der Waals surface area (Å²) in [5.41, 5.74) is -0.346. The zero-order chi connectivity index (χ0) is 9.26. The van der Waals surface area contributed by atoms with Gasteiger partial charge >= 0.3 is 0 Å². The van der Waals surface area contributed by atoms with Crippen molar-refractivity contribution < 1.29 is 9.18 Å². The smallest absolute Gasteiger partial charge is 0.234 e. The van der Waals surface area contributed by atoms with Gasteiger partial charge in [0.05, 0.1) is 4.58 Å². The number of benzene rings is 1. The van der Waals surface area contributed by atoms with Crippen LogP contribution in [0.4, 0.5) is 4.39 Å². The Morgan fingerprint density at radius 1 is 1.23 bits per heavy atom. The molecule has 0 aliphatic carbocycles. The van der Waals surface area contributed by atoms with E-state index in [9.17, 15) is 9.18 Å². The van der Waals surface area contributed by atoms with Crippen LogP contribution in [-0.2, 0) is 4.79 Å². The highest BCUT2D eigenvalue weighted by Gasteiger charge is 2.34. The van der Waals surface area contributed by atoms with Gasteiger partial charge in [0, 0.05) is 0 Å². The molecule has 1 aliphatic heterocycles. The molecular weight excluding hydrogens is 207 g/mol. The van der Waals surface area contributed by atoms with Crippen LogP contribution < -0.4 is 0 Å². The molecule has 0 saturated carbocycles. The average Bonchev–Trinajstić information content (AvgIpc) is 2.49. The SMILES string of the molecule is O=C1SC(c2ccccc2)SC1F. The maximum Gasteiger partial charge on any atom is 0.234 e. The van der Waals surface area contributed by atoms with Crippen LogP contribution in [0.25, 0.3) is 0 Å².